The summed E-state index contributed by atoms with van der Waals surface area (Å²) in [7, 11) is 0. The predicted octanol–water partition coefficient (Wildman–Crippen LogP) is 4.98. The van der Waals surface area contributed by atoms with Crippen LogP contribution in [0.4, 0.5) is 28.8 Å². The average molecular weight is 352 g/mol. The molecule has 1 aromatic heterocycles. The SMILES string of the molecule is Clc1cnc2nc1Nc1cccc(c1)NCCCc1cccc(c1)N2. The number of benzene rings is 2. The lowest BCUT2D eigenvalue weighted by atomic mass is 10.1. The number of rotatable bonds is 0. The molecule has 4 rings (SSSR count). The van der Waals surface area contributed by atoms with Gasteiger partial charge in [-0.25, -0.2) is 4.98 Å². The largest absolute Gasteiger partial charge is 0.385 e. The van der Waals surface area contributed by atoms with E-state index in [0.29, 0.717) is 16.8 Å². The maximum absolute atomic E-state index is 6.25. The van der Waals surface area contributed by atoms with Crippen LogP contribution in [0.2, 0.25) is 5.02 Å². The summed E-state index contributed by atoms with van der Waals surface area (Å²) in [6.07, 6.45) is 3.66. The number of hydrogen-bond donors (Lipinski definition) is 3. The van der Waals surface area contributed by atoms with Crippen molar-refractivity contribution in [2.45, 2.75) is 12.8 Å². The lowest BCUT2D eigenvalue weighted by Crippen LogP contribution is -2.03. The molecule has 6 bridgehead atoms. The van der Waals surface area contributed by atoms with Crippen LogP contribution in [0.5, 0.6) is 0 Å². The second-order valence-electron chi connectivity index (χ2n) is 5.95. The van der Waals surface area contributed by atoms with Crippen LogP contribution < -0.4 is 16.0 Å². The molecule has 5 nitrogen and oxygen atoms in total. The summed E-state index contributed by atoms with van der Waals surface area (Å²) in [5.74, 6) is 1.08. The molecule has 0 amide bonds. The Balaban J connectivity index is 1.73. The highest BCUT2D eigenvalue weighted by atomic mass is 35.5. The van der Waals surface area contributed by atoms with E-state index >= 15 is 0 Å². The minimum atomic E-state index is 0.474. The molecule has 0 aliphatic carbocycles. The lowest BCUT2D eigenvalue weighted by Gasteiger charge is -2.11. The Morgan fingerprint density at radius 3 is 2.64 bits per heavy atom. The summed E-state index contributed by atoms with van der Waals surface area (Å²) in [5, 5.41) is 10.5. The fourth-order valence-electron chi connectivity index (χ4n) is 2.82. The summed E-state index contributed by atoms with van der Waals surface area (Å²) in [6, 6.07) is 16.4. The summed E-state index contributed by atoms with van der Waals surface area (Å²) >= 11 is 6.25. The standard InChI is InChI=1S/C19H18ClN5/c20-17-12-22-19-24-15-7-1-4-13(10-15)5-3-9-21-14-6-2-8-16(11-14)23-18(17)25-19/h1-2,4,6-8,10-12,21H,3,5,9H2,(H2,22,23,24,25). The van der Waals surface area contributed by atoms with E-state index in [1.54, 1.807) is 6.20 Å². The molecule has 25 heavy (non-hydrogen) atoms. The molecular formula is C19H18ClN5. The van der Waals surface area contributed by atoms with Gasteiger partial charge in [0.1, 0.15) is 5.02 Å². The number of nitrogens with zero attached hydrogens (tertiary/aromatic N) is 2. The van der Waals surface area contributed by atoms with E-state index in [0.717, 1.165) is 36.4 Å². The molecule has 126 valence electrons. The number of aryl methyl sites for hydroxylation is 1. The van der Waals surface area contributed by atoms with Crippen LogP contribution in [-0.2, 0) is 6.42 Å². The van der Waals surface area contributed by atoms with Crippen molar-refractivity contribution in [3.63, 3.8) is 0 Å². The van der Waals surface area contributed by atoms with Gasteiger partial charge in [0.25, 0.3) is 0 Å². The third-order valence-electron chi connectivity index (χ3n) is 4.02. The Kier molecular flexibility index (Phi) is 4.39. The van der Waals surface area contributed by atoms with Crippen molar-refractivity contribution >= 4 is 40.4 Å². The van der Waals surface area contributed by atoms with Gasteiger partial charge in [0, 0.05) is 23.6 Å². The van der Waals surface area contributed by atoms with Gasteiger partial charge in [-0.05, 0) is 48.7 Å². The first-order valence-electron chi connectivity index (χ1n) is 8.26. The van der Waals surface area contributed by atoms with E-state index in [1.807, 2.05) is 30.3 Å². The second-order valence-corrected chi connectivity index (χ2v) is 6.36. The highest BCUT2D eigenvalue weighted by molar-refractivity contribution is 6.32. The first-order valence-corrected chi connectivity index (χ1v) is 8.63. The number of aromatic nitrogens is 2. The van der Waals surface area contributed by atoms with Crippen molar-refractivity contribution in [2.24, 2.45) is 0 Å². The Morgan fingerprint density at radius 2 is 1.72 bits per heavy atom. The maximum Gasteiger partial charge on any atom is 0.229 e. The monoisotopic (exact) mass is 351 g/mol. The average Bonchev–Trinajstić information content (AvgIpc) is 2.62. The van der Waals surface area contributed by atoms with Crippen LogP contribution in [0.1, 0.15) is 12.0 Å². The molecule has 0 radical (unpaired) electrons. The number of halogens is 1. The van der Waals surface area contributed by atoms with Gasteiger partial charge in [-0.15, -0.1) is 0 Å². The van der Waals surface area contributed by atoms with Crippen molar-refractivity contribution in [3.8, 4) is 0 Å². The molecule has 0 atom stereocenters. The van der Waals surface area contributed by atoms with Gasteiger partial charge in [0.05, 0.1) is 6.20 Å². The van der Waals surface area contributed by atoms with Crippen LogP contribution in [0.15, 0.2) is 54.7 Å². The molecule has 6 heteroatoms. The minimum absolute atomic E-state index is 0.474. The summed E-state index contributed by atoms with van der Waals surface area (Å²) < 4.78 is 0. The van der Waals surface area contributed by atoms with E-state index in [1.165, 1.54) is 5.56 Å². The van der Waals surface area contributed by atoms with Gasteiger partial charge in [-0.3, -0.25) is 0 Å². The Bertz CT molecular complexity index is 896. The molecule has 2 aromatic carbocycles. The molecular weight excluding hydrogens is 334 g/mol. The molecule has 3 N–H and O–H groups in total. The molecule has 0 unspecified atom stereocenters. The van der Waals surface area contributed by atoms with Crippen LogP contribution in [-0.4, -0.2) is 16.5 Å². The van der Waals surface area contributed by atoms with Crippen LogP contribution in [0.25, 0.3) is 0 Å². The number of anilines is 5. The van der Waals surface area contributed by atoms with Gasteiger partial charge in [0.15, 0.2) is 5.82 Å². The highest BCUT2D eigenvalue weighted by Gasteiger charge is 2.08. The lowest BCUT2D eigenvalue weighted by molar-refractivity contribution is 0.863. The summed E-state index contributed by atoms with van der Waals surface area (Å²) in [6.45, 7) is 0.912. The topological polar surface area (TPSA) is 61.9 Å². The van der Waals surface area contributed by atoms with Crippen LogP contribution in [0, 0.1) is 0 Å². The zero-order valence-electron chi connectivity index (χ0n) is 13.6. The molecule has 0 spiro atoms. The second kappa shape index (κ2) is 6.99. The van der Waals surface area contributed by atoms with Gasteiger partial charge in [0.2, 0.25) is 5.95 Å². The number of hydrogen-bond acceptors (Lipinski definition) is 5. The summed E-state index contributed by atoms with van der Waals surface area (Å²) in [4.78, 5) is 8.78. The van der Waals surface area contributed by atoms with Crippen molar-refractivity contribution < 1.29 is 0 Å². The van der Waals surface area contributed by atoms with Gasteiger partial charge in [-0.1, -0.05) is 29.8 Å². The summed E-state index contributed by atoms with van der Waals surface area (Å²) in [5.41, 5.74) is 4.24. The smallest absolute Gasteiger partial charge is 0.229 e. The molecule has 0 saturated carbocycles. The molecule has 1 aliphatic rings. The predicted molar refractivity (Wildman–Crippen MR) is 103 cm³/mol. The first kappa shape index (κ1) is 15.7. The van der Waals surface area contributed by atoms with E-state index < -0.39 is 0 Å². The Labute approximate surface area is 151 Å². The zero-order valence-corrected chi connectivity index (χ0v) is 14.3. The van der Waals surface area contributed by atoms with Crippen molar-refractivity contribution in [1.29, 1.82) is 0 Å². The number of nitrogens with one attached hydrogen (secondary N) is 3. The minimum Gasteiger partial charge on any atom is -0.385 e. The molecule has 2 heterocycles. The van der Waals surface area contributed by atoms with E-state index in [4.69, 9.17) is 11.6 Å². The van der Waals surface area contributed by atoms with Gasteiger partial charge in [-0.2, -0.15) is 4.98 Å². The van der Waals surface area contributed by atoms with Crippen LogP contribution >= 0.6 is 11.6 Å². The zero-order chi connectivity index (χ0) is 17.1. The Hall–Kier alpha value is -2.79. The fraction of sp³-hybridized carbons (Fsp3) is 0.158. The Morgan fingerprint density at radius 1 is 0.920 bits per heavy atom. The van der Waals surface area contributed by atoms with Gasteiger partial charge < -0.3 is 16.0 Å². The third-order valence-corrected chi connectivity index (χ3v) is 4.30. The molecule has 0 saturated heterocycles. The number of fused-ring (bicyclic) bond motifs is 6. The molecule has 3 aromatic rings. The maximum atomic E-state index is 6.25. The van der Waals surface area contributed by atoms with Crippen molar-refractivity contribution in [3.05, 3.63) is 65.3 Å². The molecule has 0 fully saturated rings. The van der Waals surface area contributed by atoms with E-state index in [-0.39, 0.29) is 0 Å². The van der Waals surface area contributed by atoms with E-state index in [9.17, 15) is 0 Å². The quantitative estimate of drug-likeness (QED) is 0.533. The fourth-order valence-corrected chi connectivity index (χ4v) is 2.96. The van der Waals surface area contributed by atoms with Crippen LogP contribution in [0.3, 0.4) is 0 Å². The van der Waals surface area contributed by atoms with Gasteiger partial charge >= 0.3 is 0 Å². The third kappa shape index (κ3) is 3.83. The van der Waals surface area contributed by atoms with E-state index in [2.05, 4.69) is 44.1 Å². The van der Waals surface area contributed by atoms with Crippen molar-refractivity contribution in [1.82, 2.24) is 9.97 Å². The normalized spacial score (nSPS) is 13.5. The first-order chi connectivity index (χ1) is 12.3. The molecule has 1 aliphatic heterocycles. The van der Waals surface area contributed by atoms with Crippen molar-refractivity contribution in [2.75, 3.05) is 22.5 Å². The highest BCUT2D eigenvalue weighted by Crippen LogP contribution is 2.26.